The molecular formula is C13H19N3O2. The summed E-state index contributed by atoms with van der Waals surface area (Å²) in [5.74, 6) is 0.569. The van der Waals surface area contributed by atoms with E-state index in [4.69, 9.17) is 4.42 Å². The molecule has 0 aromatic carbocycles. The Morgan fingerprint density at radius 1 is 1.56 bits per heavy atom. The molecule has 0 aliphatic rings. The first-order valence-corrected chi connectivity index (χ1v) is 6.10. The predicted octanol–water partition coefficient (Wildman–Crippen LogP) is 1.49. The highest BCUT2D eigenvalue weighted by Crippen LogP contribution is 2.19. The lowest BCUT2D eigenvalue weighted by Crippen LogP contribution is -2.34. The Kier molecular flexibility index (Phi) is 3.84. The quantitative estimate of drug-likeness (QED) is 0.814. The number of hydrogen-bond donors (Lipinski definition) is 2. The summed E-state index contributed by atoms with van der Waals surface area (Å²) in [7, 11) is 0. The Balaban J connectivity index is 1.85. The molecule has 1 unspecified atom stereocenters. The zero-order valence-electron chi connectivity index (χ0n) is 10.8. The Morgan fingerprint density at radius 3 is 3.00 bits per heavy atom. The molecular weight excluding hydrogens is 230 g/mol. The normalized spacial score (nSPS) is 14.6. The van der Waals surface area contributed by atoms with Gasteiger partial charge < -0.3 is 14.8 Å². The van der Waals surface area contributed by atoms with Crippen molar-refractivity contribution in [2.45, 2.75) is 32.5 Å². The van der Waals surface area contributed by atoms with Gasteiger partial charge in [0.2, 0.25) is 0 Å². The van der Waals surface area contributed by atoms with Gasteiger partial charge in [-0.3, -0.25) is 4.68 Å². The molecule has 0 radical (unpaired) electrons. The summed E-state index contributed by atoms with van der Waals surface area (Å²) in [5.41, 5.74) is 0.108. The van der Waals surface area contributed by atoms with E-state index < -0.39 is 5.60 Å². The van der Waals surface area contributed by atoms with Gasteiger partial charge in [0.15, 0.2) is 0 Å². The molecule has 0 saturated carbocycles. The summed E-state index contributed by atoms with van der Waals surface area (Å²) in [5, 5.41) is 17.6. The van der Waals surface area contributed by atoms with Crippen molar-refractivity contribution in [3.63, 3.8) is 0 Å². The summed E-state index contributed by atoms with van der Waals surface area (Å²) >= 11 is 0. The second-order valence-corrected chi connectivity index (χ2v) is 4.56. The van der Waals surface area contributed by atoms with Gasteiger partial charge in [0.05, 0.1) is 12.5 Å². The van der Waals surface area contributed by atoms with E-state index >= 15 is 0 Å². The van der Waals surface area contributed by atoms with E-state index in [9.17, 15) is 5.11 Å². The zero-order valence-corrected chi connectivity index (χ0v) is 10.8. The van der Waals surface area contributed by atoms with Gasteiger partial charge in [0, 0.05) is 31.4 Å². The average molecular weight is 249 g/mol. The van der Waals surface area contributed by atoms with Crippen LogP contribution in [0.4, 0.5) is 0 Å². The van der Waals surface area contributed by atoms with Gasteiger partial charge in [-0.15, -0.1) is 0 Å². The molecule has 5 heteroatoms. The van der Waals surface area contributed by atoms with E-state index in [1.165, 1.54) is 0 Å². The third kappa shape index (κ3) is 3.00. The minimum Gasteiger partial charge on any atom is -0.466 e. The summed E-state index contributed by atoms with van der Waals surface area (Å²) in [4.78, 5) is 0. The Hall–Kier alpha value is -1.59. The summed E-state index contributed by atoms with van der Waals surface area (Å²) < 4.78 is 7.09. The number of nitrogens with zero attached hydrogens (tertiary/aromatic N) is 2. The number of aryl methyl sites for hydroxylation is 1. The maximum atomic E-state index is 10.2. The first-order valence-electron chi connectivity index (χ1n) is 6.10. The number of nitrogens with one attached hydrogen (secondary N) is 1. The van der Waals surface area contributed by atoms with Gasteiger partial charge >= 0.3 is 0 Å². The molecule has 0 saturated heterocycles. The molecule has 2 heterocycles. The fourth-order valence-corrected chi connectivity index (χ4v) is 1.79. The SMILES string of the molecule is CCn1cc(CNCC(C)(O)c2ccco2)cn1. The Morgan fingerprint density at radius 2 is 2.39 bits per heavy atom. The molecule has 0 fully saturated rings. The van der Waals surface area contributed by atoms with E-state index in [2.05, 4.69) is 10.4 Å². The highest BCUT2D eigenvalue weighted by atomic mass is 16.4. The van der Waals surface area contributed by atoms with Crippen LogP contribution >= 0.6 is 0 Å². The fraction of sp³-hybridized carbons (Fsp3) is 0.462. The Labute approximate surface area is 106 Å². The maximum absolute atomic E-state index is 10.2. The van der Waals surface area contributed by atoms with Crippen LogP contribution < -0.4 is 5.32 Å². The molecule has 2 aromatic rings. The first-order chi connectivity index (χ1) is 8.62. The molecule has 2 aromatic heterocycles. The molecule has 2 N–H and O–H groups in total. The highest BCUT2D eigenvalue weighted by molar-refractivity contribution is 5.09. The van der Waals surface area contributed by atoms with Gasteiger partial charge in [-0.1, -0.05) is 0 Å². The van der Waals surface area contributed by atoms with E-state index in [-0.39, 0.29) is 0 Å². The van der Waals surface area contributed by atoms with Crippen LogP contribution in [-0.2, 0) is 18.7 Å². The van der Waals surface area contributed by atoms with E-state index in [1.54, 1.807) is 25.3 Å². The van der Waals surface area contributed by atoms with Crippen molar-refractivity contribution in [2.24, 2.45) is 0 Å². The number of aliphatic hydroxyl groups is 1. The molecule has 1 atom stereocenters. The van der Waals surface area contributed by atoms with Crippen LogP contribution in [0.2, 0.25) is 0 Å². The second kappa shape index (κ2) is 5.37. The summed E-state index contributed by atoms with van der Waals surface area (Å²) in [6.45, 7) is 5.75. The van der Waals surface area contributed by atoms with E-state index in [1.807, 2.05) is 24.0 Å². The van der Waals surface area contributed by atoms with Crippen LogP contribution in [0.5, 0.6) is 0 Å². The van der Waals surface area contributed by atoms with Crippen LogP contribution in [0.15, 0.2) is 35.2 Å². The lowest BCUT2D eigenvalue weighted by Gasteiger charge is -2.20. The third-order valence-corrected chi connectivity index (χ3v) is 2.86. The molecule has 0 spiro atoms. The summed E-state index contributed by atoms with van der Waals surface area (Å²) in [6, 6.07) is 3.55. The monoisotopic (exact) mass is 249 g/mol. The molecule has 2 rings (SSSR count). The van der Waals surface area contributed by atoms with Gasteiger partial charge in [0.25, 0.3) is 0 Å². The third-order valence-electron chi connectivity index (χ3n) is 2.86. The van der Waals surface area contributed by atoms with Crippen LogP contribution in [0, 0.1) is 0 Å². The molecule has 0 bridgehead atoms. The zero-order chi connectivity index (χ0) is 13.0. The van der Waals surface area contributed by atoms with E-state index in [0.29, 0.717) is 18.8 Å². The highest BCUT2D eigenvalue weighted by Gasteiger charge is 2.25. The molecule has 0 aliphatic heterocycles. The van der Waals surface area contributed by atoms with E-state index in [0.717, 1.165) is 12.1 Å². The lowest BCUT2D eigenvalue weighted by atomic mass is 10.0. The van der Waals surface area contributed by atoms with Gasteiger partial charge in [0.1, 0.15) is 11.4 Å². The number of rotatable bonds is 6. The minimum absolute atomic E-state index is 0.428. The van der Waals surface area contributed by atoms with Gasteiger partial charge in [-0.2, -0.15) is 5.10 Å². The van der Waals surface area contributed by atoms with Crippen LogP contribution in [0.1, 0.15) is 25.2 Å². The van der Waals surface area contributed by atoms with Crippen molar-refractivity contribution in [1.29, 1.82) is 0 Å². The van der Waals surface area contributed by atoms with Crippen LogP contribution in [0.3, 0.4) is 0 Å². The van der Waals surface area contributed by atoms with Crippen molar-refractivity contribution in [2.75, 3.05) is 6.54 Å². The molecule has 18 heavy (non-hydrogen) atoms. The fourth-order valence-electron chi connectivity index (χ4n) is 1.79. The van der Waals surface area contributed by atoms with Gasteiger partial charge in [-0.05, 0) is 26.0 Å². The van der Waals surface area contributed by atoms with Crippen LogP contribution in [0.25, 0.3) is 0 Å². The van der Waals surface area contributed by atoms with Crippen molar-refractivity contribution < 1.29 is 9.52 Å². The van der Waals surface area contributed by atoms with Gasteiger partial charge in [-0.25, -0.2) is 0 Å². The minimum atomic E-state index is -0.996. The topological polar surface area (TPSA) is 63.2 Å². The van der Waals surface area contributed by atoms with Crippen molar-refractivity contribution in [3.8, 4) is 0 Å². The molecule has 98 valence electrons. The average Bonchev–Trinajstić information content (AvgIpc) is 3.00. The second-order valence-electron chi connectivity index (χ2n) is 4.56. The standard InChI is InChI=1S/C13H19N3O2/c1-3-16-9-11(8-15-16)7-14-10-13(2,17)12-5-4-6-18-12/h4-6,8-9,14,17H,3,7,10H2,1-2H3. The largest absolute Gasteiger partial charge is 0.466 e. The van der Waals surface area contributed by atoms with Crippen LogP contribution in [-0.4, -0.2) is 21.4 Å². The van der Waals surface area contributed by atoms with Crippen molar-refractivity contribution in [1.82, 2.24) is 15.1 Å². The smallest absolute Gasteiger partial charge is 0.136 e. The number of aromatic nitrogens is 2. The lowest BCUT2D eigenvalue weighted by molar-refractivity contribution is 0.0340. The molecule has 0 amide bonds. The summed E-state index contributed by atoms with van der Waals surface area (Å²) in [6.07, 6.45) is 5.39. The number of hydrogen-bond acceptors (Lipinski definition) is 4. The number of furan rings is 1. The molecule has 5 nitrogen and oxygen atoms in total. The predicted molar refractivity (Wildman–Crippen MR) is 67.9 cm³/mol. The maximum Gasteiger partial charge on any atom is 0.136 e. The van der Waals surface area contributed by atoms with Crippen molar-refractivity contribution in [3.05, 3.63) is 42.1 Å². The first kappa shape index (κ1) is 12.9. The molecule has 0 aliphatic carbocycles. The Bertz CT molecular complexity index is 474. The van der Waals surface area contributed by atoms with Crippen molar-refractivity contribution >= 4 is 0 Å².